The van der Waals surface area contributed by atoms with Crippen molar-refractivity contribution in [2.75, 3.05) is 13.1 Å². The number of nitrogens with zero attached hydrogens (tertiary/aromatic N) is 1. The number of nitrogens with two attached hydrogens (primary N) is 1. The van der Waals surface area contributed by atoms with Gasteiger partial charge in [0, 0.05) is 19.1 Å². The molecule has 0 spiro atoms. The van der Waals surface area contributed by atoms with Crippen molar-refractivity contribution in [3.05, 3.63) is 0 Å². The molecule has 0 bridgehead atoms. The minimum absolute atomic E-state index is 0. The number of piperidine rings is 1. The molecule has 2 saturated carbocycles. The zero-order chi connectivity index (χ0) is 15.1. The van der Waals surface area contributed by atoms with Gasteiger partial charge in [0.05, 0.1) is 10.8 Å². The van der Waals surface area contributed by atoms with Crippen LogP contribution in [0.25, 0.3) is 0 Å². The van der Waals surface area contributed by atoms with E-state index in [-0.39, 0.29) is 29.6 Å². The molecule has 0 atom stereocenters. The Kier molecular flexibility index (Phi) is 5.42. The lowest BCUT2D eigenvalue weighted by Crippen LogP contribution is -2.56. The van der Waals surface area contributed by atoms with Crippen LogP contribution in [-0.2, 0) is 14.8 Å². The van der Waals surface area contributed by atoms with Crippen LogP contribution in [-0.4, -0.2) is 48.6 Å². The second-order valence-electron chi connectivity index (χ2n) is 6.75. The standard InChI is InChI=1S/C14H25N3O3S.ClH/c15-14(7-1-2-8-14)13(18)16-11-5-9-17(10-6-11)21(19,20)12-3-4-12;/h11-12H,1-10,15H2,(H,16,18);1H. The van der Waals surface area contributed by atoms with Crippen LogP contribution in [0, 0.1) is 0 Å². The van der Waals surface area contributed by atoms with Crippen LogP contribution in [0.15, 0.2) is 0 Å². The first-order valence-corrected chi connectivity index (χ1v) is 9.51. The summed E-state index contributed by atoms with van der Waals surface area (Å²) in [6.07, 6.45) is 6.52. The van der Waals surface area contributed by atoms with Gasteiger partial charge in [-0.05, 0) is 38.5 Å². The Morgan fingerprint density at radius 2 is 1.64 bits per heavy atom. The summed E-state index contributed by atoms with van der Waals surface area (Å²) in [5, 5.41) is 2.89. The molecule has 6 nitrogen and oxygen atoms in total. The number of carbonyl (C=O) groups excluding carboxylic acids is 1. The van der Waals surface area contributed by atoms with Crippen molar-refractivity contribution >= 4 is 28.3 Å². The Labute approximate surface area is 138 Å². The first kappa shape index (κ1) is 18.0. The van der Waals surface area contributed by atoms with E-state index < -0.39 is 15.6 Å². The Morgan fingerprint density at radius 3 is 2.14 bits per heavy atom. The van der Waals surface area contributed by atoms with E-state index in [1.165, 1.54) is 0 Å². The predicted octanol–water partition coefficient (Wildman–Crippen LogP) is 0.752. The fourth-order valence-corrected chi connectivity index (χ4v) is 5.27. The summed E-state index contributed by atoms with van der Waals surface area (Å²) in [5.41, 5.74) is 5.45. The van der Waals surface area contributed by atoms with Crippen LogP contribution < -0.4 is 11.1 Å². The smallest absolute Gasteiger partial charge is 0.240 e. The maximum Gasteiger partial charge on any atom is 0.240 e. The zero-order valence-corrected chi connectivity index (χ0v) is 14.4. The van der Waals surface area contributed by atoms with Crippen molar-refractivity contribution in [3.63, 3.8) is 0 Å². The number of rotatable bonds is 4. The molecule has 0 radical (unpaired) electrons. The Balaban J connectivity index is 0.00000176. The Morgan fingerprint density at radius 1 is 1.09 bits per heavy atom. The largest absolute Gasteiger partial charge is 0.352 e. The van der Waals surface area contributed by atoms with E-state index in [4.69, 9.17) is 5.73 Å². The number of hydrogen-bond donors (Lipinski definition) is 2. The number of sulfonamides is 1. The number of nitrogens with one attached hydrogen (secondary N) is 1. The van der Waals surface area contributed by atoms with Crippen molar-refractivity contribution in [2.24, 2.45) is 5.73 Å². The molecule has 1 saturated heterocycles. The molecule has 2 aliphatic carbocycles. The molecule has 0 aromatic rings. The molecule has 1 amide bonds. The van der Waals surface area contributed by atoms with Crippen molar-refractivity contribution in [1.82, 2.24) is 9.62 Å². The second kappa shape index (κ2) is 6.63. The monoisotopic (exact) mass is 351 g/mol. The molecule has 3 rings (SSSR count). The van der Waals surface area contributed by atoms with Crippen LogP contribution in [0.3, 0.4) is 0 Å². The maximum absolute atomic E-state index is 12.3. The van der Waals surface area contributed by atoms with Gasteiger partial charge in [-0.15, -0.1) is 12.4 Å². The lowest BCUT2D eigenvalue weighted by Gasteiger charge is -2.33. The molecule has 1 heterocycles. The second-order valence-corrected chi connectivity index (χ2v) is 8.97. The summed E-state index contributed by atoms with van der Waals surface area (Å²) in [6, 6.07) is 0.0594. The number of carbonyl (C=O) groups is 1. The highest BCUT2D eigenvalue weighted by Gasteiger charge is 2.42. The molecule has 3 fully saturated rings. The summed E-state index contributed by atoms with van der Waals surface area (Å²) in [5.74, 6) is -0.0523. The van der Waals surface area contributed by atoms with Gasteiger partial charge >= 0.3 is 0 Å². The molecular formula is C14H26ClN3O3S. The summed E-state index contributed by atoms with van der Waals surface area (Å²) in [6.45, 7) is 1.03. The van der Waals surface area contributed by atoms with Crippen molar-refractivity contribution in [2.45, 2.75) is 68.2 Å². The molecule has 3 N–H and O–H groups in total. The van der Waals surface area contributed by atoms with E-state index >= 15 is 0 Å². The highest BCUT2D eigenvalue weighted by atomic mass is 35.5. The number of halogens is 1. The van der Waals surface area contributed by atoms with E-state index in [9.17, 15) is 13.2 Å². The lowest BCUT2D eigenvalue weighted by atomic mass is 9.96. The summed E-state index contributed by atoms with van der Waals surface area (Å²) in [7, 11) is -3.07. The molecule has 1 aliphatic heterocycles. The molecule has 128 valence electrons. The fraction of sp³-hybridized carbons (Fsp3) is 0.929. The van der Waals surface area contributed by atoms with E-state index in [2.05, 4.69) is 5.32 Å². The normalized spacial score (nSPS) is 26.4. The first-order valence-electron chi connectivity index (χ1n) is 8.01. The lowest BCUT2D eigenvalue weighted by molar-refractivity contribution is -0.127. The van der Waals surface area contributed by atoms with Crippen molar-refractivity contribution in [1.29, 1.82) is 0 Å². The molecule has 0 unspecified atom stereocenters. The van der Waals surface area contributed by atoms with Crippen LogP contribution >= 0.6 is 12.4 Å². The van der Waals surface area contributed by atoms with Crippen molar-refractivity contribution in [3.8, 4) is 0 Å². The summed E-state index contributed by atoms with van der Waals surface area (Å²) >= 11 is 0. The maximum atomic E-state index is 12.3. The van der Waals surface area contributed by atoms with Gasteiger partial charge in [-0.1, -0.05) is 12.8 Å². The minimum Gasteiger partial charge on any atom is -0.352 e. The summed E-state index contributed by atoms with van der Waals surface area (Å²) < 4.78 is 25.9. The molecular weight excluding hydrogens is 326 g/mol. The van der Waals surface area contributed by atoms with Crippen LogP contribution in [0.2, 0.25) is 0 Å². The van der Waals surface area contributed by atoms with E-state index in [0.29, 0.717) is 25.9 Å². The van der Waals surface area contributed by atoms with Gasteiger partial charge in [0.25, 0.3) is 0 Å². The molecule has 0 aromatic heterocycles. The van der Waals surface area contributed by atoms with E-state index in [0.717, 1.165) is 38.5 Å². The Hall–Kier alpha value is -0.370. The third-order valence-electron chi connectivity index (χ3n) is 5.04. The van der Waals surface area contributed by atoms with Gasteiger partial charge < -0.3 is 11.1 Å². The number of hydrogen-bond acceptors (Lipinski definition) is 4. The SMILES string of the molecule is Cl.NC1(C(=O)NC2CCN(S(=O)(=O)C3CC3)CC2)CCCC1. The highest BCUT2D eigenvalue weighted by molar-refractivity contribution is 7.90. The highest BCUT2D eigenvalue weighted by Crippen LogP contribution is 2.32. The zero-order valence-electron chi connectivity index (χ0n) is 12.8. The van der Waals surface area contributed by atoms with E-state index in [1.807, 2.05) is 0 Å². The third kappa shape index (κ3) is 3.58. The molecule has 3 aliphatic rings. The fourth-order valence-electron chi connectivity index (χ4n) is 3.39. The van der Waals surface area contributed by atoms with Crippen molar-refractivity contribution < 1.29 is 13.2 Å². The van der Waals surface area contributed by atoms with Crippen LogP contribution in [0.5, 0.6) is 0 Å². The summed E-state index contributed by atoms with van der Waals surface area (Å²) in [4.78, 5) is 12.3. The Bertz CT molecular complexity index is 507. The van der Waals surface area contributed by atoms with Crippen LogP contribution in [0.1, 0.15) is 51.4 Å². The molecule has 8 heteroatoms. The van der Waals surface area contributed by atoms with Gasteiger partial charge in [0.2, 0.25) is 15.9 Å². The van der Waals surface area contributed by atoms with Gasteiger partial charge in [-0.25, -0.2) is 12.7 Å². The average molecular weight is 352 g/mol. The molecule has 0 aromatic carbocycles. The predicted molar refractivity (Wildman–Crippen MR) is 87.3 cm³/mol. The topological polar surface area (TPSA) is 92.5 Å². The average Bonchev–Trinajstić information content (AvgIpc) is 3.23. The van der Waals surface area contributed by atoms with Crippen LogP contribution in [0.4, 0.5) is 0 Å². The van der Waals surface area contributed by atoms with Gasteiger partial charge in [-0.2, -0.15) is 0 Å². The van der Waals surface area contributed by atoms with E-state index in [1.54, 1.807) is 4.31 Å². The van der Waals surface area contributed by atoms with Gasteiger partial charge in [0.1, 0.15) is 0 Å². The molecule has 22 heavy (non-hydrogen) atoms. The minimum atomic E-state index is -3.07. The first-order chi connectivity index (χ1) is 9.92. The van der Waals surface area contributed by atoms with Gasteiger partial charge in [0.15, 0.2) is 0 Å². The number of amides is 1. The quantitative estimate of drug-likeness (QED) is 0.781. The third-order valence-corrected chi connectivity index (χ3v) is 7.44. The van der Waals surface area contributed by atoms with Gasteiger partial charge in [-0.3, -0.25) is 4.79 Å².